The second-order valence-corrected chi connectivity index (χ2v) is 7.50. The molecule has 3 rings (SSSR count). The molecule has 2 nitrogen and oxygen atoms in total. The van der Waals surface area contributed by atoms with Crippen molar-refractivity contribution in [1.82, 2.24) is 5.32 Å². The molecule has 0 bridgehead atoms. The van der Waals surface area contributed by atoms with Crippen LogP contribution in [-0.4, -0.2) is 5.91 Å². The quantitative estimate of drug-likeness (QED) is 0.815. The molecular weight excluding hydrogens is 298 g/mol. The number of aryl methyl sites for hydroxylation is 1. The number of thiophene rings is 2. The lowest BCUT2D eigenvalue weighted by molar-refractivity contribution is -0.122. The van der Waals surface area contributed by atoms with Gasteiger partial charge in [0.05, 0.1) is 6.04 Å². The third-order valence-corrected chi connectivity index (χ3v) is 5.95. The molecule has 0 radical (unpaired) electrons. The maximum atomic E-state index is 12.3. The second-order valence-electron chi connectivity index (χ2n) is 5.74. The Labute approximate surface area is 134 Å². The minimum Gasteiger partial charge on any atom is -0.348 e. The van der Waals surface area contributed by atoms with Crippen molar-refractivity contribution >= 4 is 28.6 Å². The van der Waals surface area contributed by atoms with Gasteiger partial charge >= 0.3 is 0 Å². The highest BCUT2D eigenvalue weighted by Gasteiger charge is 2.28. The van der Waals surface area contributed by atoms with Crippen LogP contribution in [0.15, 0.2) is 34.3 Å². The van der Waals surface area contributed by atoms with Crippen LogP contribution in [0.3, 0.4) is 0 Å². The van der Waals surface area contributed by atoms with Crippen molar-refractivity contribution in [2.45, 2.75) is 44.6 Å². The van der Waals surface area contributed by atoms with Gasteiger partial charge in [0.15, 0.2) is 0 Å². The fourth-order valence-electron chi connectivity index (χ4n) is 3.12. The molecule has 1 fully saturated rings. The largest absolute Gasteiger partial charge is 0.348 e. The molecule has 0 aliphatic heterocycles. The maximum Gasteiger partial charge on any atom is 0.220 e. The first kappa shape index (κ1) is 14.8. The molecule has 2 heterocycles. The van der Waals surface area contributed by atoms with Crippen LogP contribution in [-0.2, 0) is 11.2 Å². The minimum atomic E-state index is 0.187. The van der Waals surface area contributed by atoms with Crippen LogP contribution < -0.4 is 5.32 Å². The van der Waals surface area contributed by atoms with Gasteiger partial charge in [0.1, 0.15) is 0 Å². The van der Waals surface area contributed by atoms with Gasteiger partial charge < -0.3 is 5.32 Å². The molecule has 0 aromatic carbocycles. The Hall–Kier alpha value is -1.13. The molecule has 1 aliphatic carbocycles. The first-order chi connectivity index (χ1) is 10.3. The number of amides is 1. The topological polar surface area (TPSA) is 29.1 Å². The highest BCUT2D eigenvalue weighted by Crippen LogP contribution is 2.37. The van der Waals surface area contributed by atoms with Gasteiger partial charge in [0, 0.05) is 11.3 Å². The zero-order chi connectivity index (χ0) is 14.5. The van der Waals surface area contributed by atoms with E-state index in [1.54, 1.807) is 22.7 Å². The number of rotatable bonds is 6. The fraction of sp³-hybridized carbons (Fsp3) is 0.471. The number of carbonyl (C=O) groups is 1. The van der Waals surface area contributed by atoms with E-state index in [1.807, 2.05) is 0 Å². The van der Waals surface area contributed by atoms with Gasteiger partial charge in [-0.3, -0.25) is 4.79 Å². The number of carbonyl (C=O) groups excluding carboxylic acids is 1. The summed E-state index contributed by atoms with van der Waals surface area (Å²) in [5.41, 5.74) is 1.27. The van der Waals surface area contributed by atoms with E-state index < -0.39 is 0 Å². The van der Waals surface area contributed by atoms with Crippen molar-refractivity contribution < 1.29 is 4.79 Å². The Kier molecular flexibility index (Phi) is 5.09. The average molecular weight is 319 g/mol. The average Bonchev–Trinajstić information content (AvgIpc) is 3.26. The molecule has 1 aliphatic rings. The van der Waals surface area contributed by atoms with Crippen molar-refractivity contribution in [3.63, 3.8) is 0 Å². The van der Waals surface area contributed by atoms with Crippen molar-refractivity contribution in [2.24, 2.45) is 5.92 Å². The molecule has 112 valence electrons. The van der Waals surface area contributed by atoms with Crippen LogP contribution in [0.25, 0.3) is 0 Å². The molecule has 1 N–H and O–H groups in total. The number of nitrogens with one attached hydrogen (secondary N) is 1. The van der Waals surface area contributed by atoms with Crippen LogP contribution in [0.5, 0.6) is 0 Å². The highest BCUT2D eigenvalue weighted by atomic mass is 32.1. The van der Waals surface area contributed by atoms with Crippen molar-refractivity contribution in [3.8, 4) is 0 Å². The SMILES string of the molecule is O=C(CCc1ccsc1)N[C@H](c1cccs1)C1CCCC1. The standard InChI is InChI=1S/C17H21NOS2/c19-16(8-7-13-9-11-20-12-13)18-17(14-4-1-2-5-14)15-6-3-10-21-15/h3,6,9-12,14,17H,1-2,4-5,7-8H2,(H,18,19)/t17-/m0/s1. The van der Waals surface area contributed by atoms with Gasteiger partial charge in [-0.1, -0.05) is 18.9 Å². The van der Waals surface area contributed by atoms with E-state index in [0.717, 1.165) is 6.42 Å². The lowest BCUT2D eigenvalue weighted by atomic mass is 9.96. The van der Waals surface area contributed by atoms with Crippen LogP contribution in [0.4, 0.5) is 0 Å². The molecule has 2 aromatic rings. The van der Waals surface area contributed by atoms with E-state index >= 15 is 0 Å². The van der Waals surface area contributed by atoms with E-state index in [0.29, 0.717) is 12.3 Å². The zero-order valence-corrected chi connectivity index (χ0v) is 13.7. The molecule has 0 unspecified atom stereocenters. The molecule has 21 heavy (non-hydrogen) atoms. The van der Waals surface area contributed by atoms with Gasteiger partial charge in [0.2, 0.25) is 5.91 Å². The maximum absolute atomic E-state index is 12.3. The summed E-state index contributed by atoms with van der Waals surface area (Å²) in [6.45, 7) is 0. The van der Waals surface area contributed by atoms with Gasteiger partial charge in [-0.25, -0.2) is 0 Å². The van der Waals surface area contributed by atoms with Crippen LogP contribution in [0.1, 0.15) is 48.6 Å². The minimum absolute atomic E-state index is 0.187. The summed E-state index contributed by atoms with van der Waals surface area (Å²) in [5, 5.41) is 9.60. The normalized spacial score (nSPS) is 17.0. The smallest absolute Gasteiger partial charge is 0.220 e. The third kappa shape index (κ3) is 3.95. The molecule has 0 saturated heterocycles. The predicted octanol–water partition coefficient (Wildman–Crippen LogP) is 4.79. The lowest BCUT2D eigenvalue weighted by Crippen LogP contribution is -2.32. The first-order valence-electron chi connectivity index (χ1n) is 7.67. The summed E-state index contributed by atoms with van der Waals surface area (Å²) >= 11 is 3.46. The van der Waals surface area contributed by atoms with Crippen LogP contribution in [0, 0.1) is 5.92 Å². The second kappa shape index (κ2) is 7.23. The number of hydrogen-bond donors (Lipinski definition) is 1. The van der Waals surface area contributed by atoms with Gasteiger partial charge in [-0.05, 0) is 59.0 Å². The van der Waals surface area contributed by atoms with Crippen molar-refractivity contribution in [3.05, 3.63) is 44.8 Å². The molecule has 0 spiro atoms. The third-order valence-electron chi connectivity index (χ3n) is 4.26. The van der Waals surface area contributed by atoms with E-state index in [9.17, 15) is 4.79 Å². The summed E-state index contributed by atoms with van der Waals surface area (Å²) in [4.78, 5) is 13.6. The Morgan fingerprint density at radius 2 is 2.14 bits per heavy atom. The van der Waals surface area contributed by atoms with E-state index in [4.69, 9.17) is 0 Å². The predicted molar refractivity (Wildman–Crippen MR) is 89.8 cm³/mol. The Morgan fingerprint density at radius 1 is 1.29 bits per heavy atom. The summed E-state index contributed by atoms with van der Waals surface area (Å²) < 4.78 is 0. The Bertz CT molecular complexity index is 541. The van der Waals surface area contributed by atoms with Crippen molar-refractivity contribution in [2.75, 3.05) is 0 Å². The number of hydrogen-bond acceptors (Lipinski definition) is 3. The molecule has 2 aromatic heterocycles. The van der Waals surface area contributed by atoms with E-state index in [1.165, 1.54) is 36.1 Å². The van der Waals surface area contributed by atoms with Crippen molar-refractivity contribution in [1.29, 1.82) is 0 Å². The van der Waals surface area contributed by atoms with E-state index in [-0.39, 0.29) is 11.9 Å². The van der Waals surface area contributed by atoms with Gasteiger partial charge in [-0.15, -0.1) is 11.3 Å². The molecule has 4 heteroatoms. The lowest BCUT2D eigenvalue weighted by Gasteiger charge is -2.23. The molecule has 1 saturated carbocycles. The summed E-state index contributed by atoms with van der Waals surface area (Å²) in [6.07, 6.45) is 6.53. The van der Waals surface area contributed by atoms with Crippen LogP contribution in [0.2, 0.25) is 0 Å². The highest BCUT2D eigenvalue weighted by molar-refractivity contribution is 7.10. The molecular formula is C17H21NOS2. The zero-order valence-electron chi connectivity index (χ0n) is 12.1. The monoisotopic (exact) mass is 319 g/mol. The molecule has 1 atom stereocenters. The van der Waals surface area contributed by atoms with Gasteiger partial charge in [0.25, 0.3) is 0 Å². The summed E-state index contributed by atoms with van der Waals surface area (Å²) in [5.74, 6) is 0.806. The van der Waals surface area contributed by atoms with E-state index in [2.05, 4.69) is 39.7 Å². The van der Waals surface area contributed by atoms with Gasteiger partial charge in [-0.2, -0.15) is 11.3 Å². The first-order valence-corrected chi connectivity index (χ1v) is 9.49. The Balaban J connectivity index is 1.59. The fourth-order valence-corrected chi connectivity index (χ4v) is 4.69. The summed E-state index contributed by atoms with van der Waals surface area (Å²) in [7, 11) is 0. The molecule has 1 amide bonds. The Morgan fingerprint density at radius 3 is 2.81 bits per heavy atom. The summed E-state index contributed by atoms with van der Waals surface area (Å²) in [6, 6.07) is 6.57. The van der Waals surface area contributed by atoms with Crippen LogP contribution >= 0.6 is 22.7 Å².